The number of rotatable bonds is 4. The molecule has 0 atom stereocenters. The normalized spacial score (nSPS) is 10.2. The summed E-state index contributed by atoms with van der Waals surface area (Å²) in [6.45, 7) is 2.14. The van der Waals surface area contributed by atoms with Gasteiger partial charge in [0.05, 0.1) is 0 Å². The molecular weight excluding hydrogens is 228 g/mol. The van der Waals surface area contributed by atoms with E-state index in [0.717, 1.165) is 23.2 Å². The van der Waals surface area contributed by atoms with E-state index in [1.54, 1.807) is 11.8 Å². The SMILES string of the molecule is CCc1ccccc1Sc1ccccc1C=O. The summed E-state index contributed by atoms with van der Waals surface area (Å²) >= 11 is 1.66. The molecule has 0 saturated heterocycles. The van der Waals surface area contributed by atoms with Crippen LogP contribution >= 0.6 is 11.8 Å². The Morgan fingerprint density at radius 1 is 1.00 bits per heavy atom. The molecule has 2 heteroatoms. The Bertz CT molecular complexity index is 520. The zero-order valence-electron chi connectivity index (χ0n) is 9.72. The first kappa shape index (κ1) is 11.9. The third-order valence-corrected chi connectivity index (χ3v) is 3.83. The summed E-state index contributed by atoms with van der Waals surface area (Å²) in [6.07, 6.45) is 1.92. The van der Waals surface area contributed by atoms with Crippen LogP contribution < -0.4 is 0 Å². The summed E-state index contributed by atoms with van der Waals surface area (Å²) in [4.78, 5) is 13.2. The van der Waals surface area contributed by atoms with E-state index in [-0.39, 0.29) is 0 Å². The molecule has 0 fully saturated rings. The Hall–Kier alpha value is -1.54. The van der Waals surface area contributed by atoms with Crippen LogP contribution in [0.2, 0.25) is 0 Å². The van der Waals surface area contributed by atoms with Crippen molar-refractivity contribution in [1.29, 1.82) is 0 Å². The molecule has 0 radical (unpaired) electrons. The number of aryl methyl sites for hydroxylation is 1. The molecule has 0 spiro atoms. The van der Waals surface area contributed by atoms with Gasteiger partial charge < -0.3 is 0 Å². The van der Waals surface area contributed by atoms with E-state index in [4.69, 9.17) is 0 Å². The molecule has 0 aliphatic rings. The molecule has 0 saturated carbocycles. The van der Waals surface area contributed by atoms with Gasteiger partial charge in [-0.2, -0.15) is 0 Å². The number of aldehydes is 1. The van der Waals surface area contributed by atoms with Gasteiger partial charge in [0, 0.05) is 15.4 Å². The van der Waals surface area contributed by atoms with Crippen LogP contribution in [0.4, 0.5) is 0 Å². The predicted octanol–water partition coefficient (Wildman–Crippen LogP) is 4.21. The molecule has 0 aliphatic heterocycles. The smallest absolute Gasteiger partial charge is 0.151 e. The van der Waals surface area contributed by atoms with Gasteiger partial charge in [0.15, 0.2) is 6.29 Å². The summed E-state index contributed by atoms with van der Waals surface area (Å²) in [6, 6.07) is 16.0. The van der Waals surface area contributed by atoms with Gasteiger partial charge in [-0.05, 0) is 24.1 Å². The first-order chi connectivity index (χ1) is 8.35. The summed E-state index contributed by atoms with van der Waals surface area (Å²) in [5, 5.41) is 0. The number of carbonyl (C=O) groups excluding carboxylic acids is 1. The lowest BCUT2D eigenvalue weighted by Crippen LogP contribution is -1.87. The highest BCUT2D eigenvalue weighted by Gasteiger charge is 2.05. The maximum absolute atomic E-state index is 11.0. The van der Waals surface area contributed by atoms with Crippen LogP contribution in [0.25, 0.3) is 0 Å². The number of hydrogen-bond donors (Lipinski definition) is 0. The zero-order valence-corrected chi connectivity index (χ0v) is 10.5. The number of carbonyl (C=O) groups is 1. The lowest BCUT2D eigenvalue weighted by molar-refractivity contribution is 0.112. The van der Waals surface area contributed by atoms with Crippen molar-refractivity contribution in [2.75, 3.05) is 0 Å². The molecular formula is C15H14OS. The first-order valence-corrected chi connectivity index (χ1v) is 6.46. The van der Waals surface area contributed by atoms with Crippen molar-refractivity contribution in [2.24, 2.45) is 0 Å². The van der Waals surface area contributed by atoms with Crippen LogP contribution in [0.1, 0.15) is 22.8 Å². The molecule has 0 aromatic heterocycles. The fraction of sp³-hybridized carbons (Fsp3) is 0.133. The molecule has 2 rings (SSSR count). The average molecular weight is 242 g/mol. The first-order valence-electron chi connectivity index (χ1n) is 5.65. The molecule has 0 bridgehead atoms. The van der Waals surface area contributed by atoms with Crippen molar-refractivity contribution >= 4 is 18.0 Å². The molecule has 1 nitrogen and oxygen atoms in total. The quantitative estimate of drug-likeness (QED) is 0.747. The van der Waals surface area contributed by atoms with Crippen LogP contribution in [0, 0.1) is 0 Å². The Labute approximate surface area is 106 Å². The summed E-state index contributed by atoms with van der Waals surface area (Å²) < 4.78 is 0. The lowest BCUT2D eigenvalue weighted by Gasteiger charge is -2.08. The number of benzene rings is 2. The van der Waals surface area contributed by atoms with E-state index in [9.17, 15) is 4.79 Å². The fourth-order valence-corrected chi connectivity index (χ4v) is 2.79. The molecule has 2 aromatic carbocycles. The van der Waals surface area contributed by atoms with E-state index in [1.807, 2.05) is 30.3 Å². The molecule has 2 aromatic rings. The minimum Gasteiger partial charge on any atom is -0.298 e. The Balaban J connectivity index is 2.34. The highest BCUT2D eigenvalue weighted by atomic mass is 32.2. The molecule has 0 N–H and O–H groups in total. The van der Waals surface area contributed by atoms with Crippen LogP contribution in [0.15, 0.2) is 58.3 Å². The lowest BCUT2D eigenvalue weighted by atomic mass is 10.2. The highest BCUT2D eigenvalue weighted by molar-refractivity contribution is 7.99. The van der Waals surface area contributed by atoms with Gasteiger partial charge >= 0.3 is 0 Å². The topological polar surface area (TPSA) is 17.1 Å². The van der Waals surface area contributed by atoms with E-state index < -0.39 is 0 Å². The largest absolute Gasteiger partial charge is 0.298 e. The number of hydrogen-bond acceptors (Lipinski definition) is 2. The van der Waals surface area contributed by atoms with E-state index in [1.165, 1.54) is 10.5 Å². The van der Waals surface area contributed by atoms with Gasteiger partial charge in [-0.15, -0.1) is 0 Å². The van der Waals surface area contributed by atoms with Crippen LogP contribution in [-0.4, -0.2) is 6.29 Å². The van der Waals surface area contributed by atoms with Crippen LogP contribution in [0.5, 0.6) is 0 Å². The molecule has 17 heavy (non-hydrogen) atoms. The highest BCUT2D eigenvalue weighted by Crippen LogP contribution is 2.32. The summed E-state index contributed by atoms with van der Waals surface area (Å²) in [5.41, 5.74) is 2.07. The zero-order chi connectivity index (χ0) is 12.1. The second kappa shape index (κ2) is 5.69. The standard InChI is InChI=1S/C15H14OS/c1-2-12-7-3-5-9-14(12)17-15-10-6-4-8-13(15)11-16/h3-11H,2H2,1H3. The maximum atomic E-state index is 11.0. The summed E-state index contributed by atoms with van der Waals surface area (Å²) in [7, 11) is 0. The van der Waals surface area contributed by atoms with Crippen molar-refractivity contribution in [2.45, 2.75) is 23.1 Å². The van der Waals surface area contributed by atoms with Gasteiger partial charge in [0.25, 0.3) is 0 Å². The van der Waals surface area contributed by atoms with Crippen LogP contribution in [-0.2, 0) is 6.42 Å². The van der Waals surface area contributed by atoms with Crippen molar-refractivity contribution in [3.05, 3.63) is 59.7 Å². The van der Waals surface area contributed by atoms with Gasteiger partial charge in [-0.3, -0.25) is 4.79 Å². The predicted molar refractivity (Wildman–Crippen MR) is 71.8 cm³/mol. The molecule has 0 unspecified atom stereocenters. The molecule has 0 heterocycles. The second-order valence-corrected chi connectivity index (χ2v) is 4.80. The van der Waals surface area contributed by atoms with E-state index in [0.29, 0.717) is 0 Å². The monoisotopic (exact) mass is 242 g/mol. The molecule has 0 amide bonds. The Kier molecular flexibility index (Phi) is 3.99. The Morgan fingerprint density at radius 3 is 2.35 bits per heavy atom. The minimum atomic E-state index is 0.753. The summed E-state index contributed by atoms with van der Waals surface area (Å²) in [5.74, 6) is 0. The third kappa shape index (κ3) is 2.77. The van der Waals surface area contributed by atoms with E-state index >= 15 is 0 Å². The maximum Gasteiger partial charge on any atom is 0.151 e. The third-order valence-electron chi connectivity index (χ3n) is 2.62. The van der Waals surface area contributed by atoms with Crippen molar-refractivity contribution in [3.8, 4) is 0 Å². The molecule has 86 valence electrons. The van der Waals surface area contributed by atoms with Crippen LogP contribution in [0.3, 0.4) is 0 Å². The van der Waals surface area contributed by atoms with Crippen molar-refractivity contribution in [1.82, 2.24) is 0 Å². The van der Waals surface area contributed by atoms with Crippen molar-refractivity contribution in [3.63, 3.8) is 0 Å². The van der Waals surface area contributed by atoms with Gasteiger partial charge in [-0.1, -0.05) is 55.1 Å². The minimum absolute atomic E-state index is 0.753. The van der Waals surface area contributed by atoms with Gasteiger partial charge in [0.1, 0.15) is 0 Å². The Morgan fingerprint density at radius 2 is 1.65 bits per heavy atom. The van der Waals surface area contributed by atoms with Gasteiger partial charge in [0.2, 0.25) is 0 Å². The van der Waals surface area contributed by atoms with Crippen molar-refractivity contribution < 1.29 is 4.79 Å². The second-order valence-electron chi connectivity index (χ2n) is 3.72. The van der Waals surface area contributed by atoms with E-state index in [2.05, 4.69) is 25.1 Å². The van der Waals surface area contributed by atoms with Gasteiger partial charge in [-0.25, -0.2) is 0 Å². The fourth-order valence-electron chi connectivity index (χ4n) is 1.68. The average Bonchev–Trinajstić information content (AvgIpc) is 2.40. The molecule has 0 aliphatic carbocycles.